The van der Waals surface area contributed by atoms with Crippen molar-refractivity contribution in [1.82, 2.24) is 5.32 Å². The average Bonchev–Trinajstić information content (AvgIpc) is 2.51. The quantitative estimate of drug-likeness (QED) is 0.434. The molecule has 1 saturated heterocycles. The minimum atomic E-state index is -0.921. The molecule has 1 heterocycles. The van der Waals surface area contributed by atoms with Crippen LogP contribution in [-0.2, 0) is 4.79 Å². The molecule has 6 heteroatoms. The van der Waals surface area contributed by atoms with Crippen LogP contribution in [0.2, 0.25) is 0 Å². The van der Waals surface area contributed by atoms with E-state index in [9.17, 15) is 4.79 Å². The van der Waals surface area contributed by atoms with E-state index in [4.69, 9.17) is 15.3 Å². The Morgan fingerprint density at radius 1 is 1.75 bits per heavy atom. The molecule has 70 valence electrons. The maximum Gasteiger partial charge on any atom is 0.321 e. The molecule has 0 aromatic carbocycles. The Labute approximate surface area is 73.8 Å². The van der Waals surface area contributed by atoms with Crippen LogP contribution in [0.15, 0.2) is 0 Å². The van der Waals surface area contributed by atoms with Crippen LogP contribution in [0.25, 0.3) is 0 Å². The van der Waals surface area contributed by atoms with E-state index in [0.29, 0.717) is 5.75 Å². The molecule has 0 spiro atoms. The van der Waals surface area contributed by atoms with Crippen LogP contribution < -0.4 is 5.32 Å². The number of carboxylic acids is 1. The molecule has 1 aliphatic heterocycles. The van der Waals surface area contributed by atoms with Gasteiger partial charge in [0.15, 0.2) is 0 Å². The van der Waals surface area contributed by atoms with Crippen LogP contribution in [0.3, 0.4) is 0 Å². The topological polar surface area (TPSA) is 89.8 Å². The Morgan fingerprint density at radius 3 is 2.83 bits per heavy atom. The molecule has 4 N–H and O–H groups in total. The van der Waals surface area contributed by atoms with Crippen LogP contribution in [0, 0.1) is 0 Å². The third-order valence-electron chi connectivity index (χ3n) is 1.64. The number of carbonyl (C=O) groups is 1. The van der Waals surface area contributed by atoms with Crippen molar-refractivity contribution in [2.75, 3.05) is 12.4 Å². The lowest BCUT2D eigenvalue weighted by atomic mass is 10.3. The van der Waals surface area contributed by atoms with E-state index in [1.165, 1.54) is 11.8 Å². The number of aliphatic hydroxyl groups excluding tert-OH is 2. The smallest absolute Gasteiger partial charge is 0.321 e. The molecule has 0 saturated carbocycles. The number of hydrogen-bond donors (Lipinski definition) is 4. The van der Waals surface area contributed by atoms with Gasteiger partial charge in [0.05, 0.1) is 12.0 Å². The van der Waals surface area contributed by atoms with Gasteiger partial charge in [-0.2, -0.15) is 0 Å². The predicted octanol–water partition coefficient (Wildman–Crippen LogP) is -1.54. The second kappa shape index (κ2) is 4.08. The molecule has 1 aliphatic rings. The summed E-state index contributed by atoms with van der Waals surface area (Å²) < 4.78 is 0. The number of rotatable bonds is 3. The summed E-state index contributed by atoms with van der Waals surface area (Å²) in [4.78, 5) is 10.4. The highest BCUT2D eigenvalue weighted by Gasteiger charge is 2.33. The zero-order chi connectivity index (χ0) is 9.14. The number of aliphatic hydroxyl groups is 2. The number of carboxylic acid groups (broad SMARTS) is 1. The van der Waals surface area contributed by atoms with Crippen LogP contribution in [0.4, 0.5) is 0 Å². The molecule has 3 atom stereocenters. The van der Waals surface area contributed by atoms with E-state index in [2.05, 4.69) is 5.32 Å². The van der Waals surface area contributed by atoms with Gasteiger partial charge in [0.1, 0.15) is 12.1 Å². The van der Waals surface area contributed by atoms with Crippen molar-refractivity contribution < 1.29 is 20.1 Å². The molecule has 3 unspecified atom stereocenters. The fraction of sp³-hybridized carbons (Fsp3) is 0.833. The fourth-order valence-corrected chi connectivity index (χ4v) is 2.16. The molecule has 12 heavy (non-hydrogen) atoms. The first kappa shape index (κ1) is 9.79. The largest absolute Gasteiger partial charge is 0.480 e. The van der Waals surface area contributed by atoms with Crippen molar-refractivity contribution in [3.05, 3.63) is 0 Å². The second-order valence-electron chi connectivity index (χ2n) is 2.56. The van der Waals surface area contributed by atoms with Crippen molar-refractivity contribution >= 4 is 17.7 Å². The minimum Gasteiger partial charge on any atom is -0.480 e. The highest BCUT2D eigenvalue weighted by molar-refractivity contribution is 8.00. The zero-order valence-corrected chi connectivity index (χ0v) is 7.12. The number of thioether (sulfide) groups is 1. The molecule has 0 aliphatic carbocycles. The Morgan fingerprint density at radius 2 is 2.42 bits per heavy atom. The van der Waals surface area contributed by atoms with Gasteiger partial charge in [0.25, 0.3) is 0 Å². The van der Waals surface area contributed by atoms with E-state index < -0.39 is 18.1 Å². The maximum absolute atomic E-state index is 10.4. The van der Waals surface area contributed by atoms with Crippen molar-refractivity contribution in [3.63, 3.8) is 0 Å². The van der Waals surface area contributed by atoms with E-state index >= 15 is 0 Å². The van der Waals surface area contributed by atoms with E-state index in [1.807, 2.05) is 0 Å². The second-order valence-corrected chi connectivity index (χ2v) is 3.74. The van der Waals surface area contributed by atoms with E-state index in [-0.39, 0.29) is 12.0 Å². The molecule has 5 nitrogen and oxygen atoms in total. The van der Waals surface area contributed by atoms with Gasteiger partial charge in [-0.1, -0.05) is 0 Å². The molecular formula is C6H11NO4S. The summed E-state index contributed by atoms with van der Waals surface area (Å²) in [7, 11) is 0. The molecule has 1 rings (SSSR count). The molecule has 0 radical (unpaired) electrons. The van der Waals surface area contributed by atoms with Gasteiger partial charge in [-0.3, -0.25) is 10.1 Å². The highest BCUT2D eigenvalue weighted by atomic mass is 32.2. The summed E-state index contributed by atoms with van der Waals surface area (Å²) in [5, 5.41) is 28.6. The van der Waals surface area contributed by atoms with Crippen molar-refractivity contribution in [2.45, 2.75) is 17.5 Å². The predicted molar refractivity (Wildman–Crippen MR) is 43.9 cm³/mol. The first-order valence-electron chi connectivity index (χ1n) is 3.54. The lowest BCUT2D eigenvalue weighted by Gasteiger charge is -2.15. The van der Waals surface area contributed by atoms with E-state index in [0.717, 1.165) is 0 Å². The molecule has 1 fully saturated rings. The lowest BCUT2D eigenvalue weighted by Crippen LogP contribution is -2.42. The summed E-state index contributed by atoms with van der Waals surface area (Å²) in [6.45, 7) is -0.350. The van der Waals surface area contributed by atoms with Gasteiger partial charge in [0.2, 0.25) is 0 Å². The van der Waals surface area contributed by atoms with Crippen LogP contribution in [0.1, 0.15) is 0 Å². The Kier molecular flexibility index (Phi) is 3.33. The third kappa shape index (κ3) is 2.10. The molecular weight excluding hydrogens is 182 g/mol. The van der Waals surface area contributed by atoms with Gasteiger partial charge in [-0.15, -0.1) is 11.8 Å². The van der Waals surface area contributed by atoms with Crippen LogP contribution in [-0.4, -0.2) is 51.2 Å². The molecule has 0 aromatic heterocycles. The Bertz CT molecular complexity index is 177. The highest BCUT2D eigenvalue weighted by Crippen LogP contribution is 2.21. The Hall–Kier alpha value is -0.300. The lowest BCUT2D eigenvalue weighted by molar-refractivity contribution is -0.138. The SMILES string of the molecule is O=C(O)C1CSC(C(O)CO)N1. The zero-order valence-electron chi connectivity index (χ0n) is 6.30. The van der Waals surface area contributed by atoms with Gasteiger partial charge >= 0.3 is 5.97 Å². The summed E-state index contributed by atoms with van der Waals surface area (Å²) in [5.41, 5.74) is 0. The summed E-state index contributed by atoms with van der Waals surface area (Å²) in [6, 6.07) is -0.610. The third-order valence-corrected chi connectivity index (χ3v) is 2.98. The maximum atomic E-state index is 10.4. The van der Waals surface area contributed by atoms with Gasteiger partial charge in [-0.05, 0) is 0 Å². The number of nitrogens with one attached hydrogen (secondary N) is 1. The Balaban J connectivity index is 2.40. The minimum absolute atomic E-state index is 0.350. The monoisotopic (exact) mass is 193 g/mol. The van der Waals surface area contributed by atoms with Gasteiger partial charge in [-0.25, -0.2) is 0 Å². The first-order valence-corrected chi connectivity index (χ1v) is 4.59. The van der Waals surface area contributed by atoms with Crippen LogP contribution in [0.5, 0.6) is 0 Å². The number of hydrogen-bond acceptors (Lipinski definition) is 5. The standard InChI is InChI=1S/C6H11NO4S/c8-1-4(9)5-7-3(2-12-5)6(10)11/h3-5,7-9H,1-2H2,(H,10,11). The average molecular weight is 193 g/mol. The van der Waals surface area contributed by atoms with E-state index in [1.54, 1.807) is 0 Å². The summed E-state index contributed by atoms with van der Waals surface area (Å²) >= 11 is 1.31. The molecule has 0 amide bonds. The van der Waals surface area contributed by atoms with Crippen molar-refractivity contribution in [2.24, 2.45) is 0 Å². The summed E-state index contributed by atoms with van der Waals surface area (Å²) in [6.07, 6.45) is -0.889. The first-order chi connectivity index (χ1) is 5.65. The van der Waals surface area contributed by atoms with Gasteiger partial charge < -0.3 is 15.3 Å². The van der Waals surface area contributed by atoms with Crippen LogP contribution >= 0.6 is 11.8 Å². The number of aliphatic carboxylic acids is 1. The van der Waals surface area contributed by atoms with Crippen molar-refractivity contribution in [1.29, 1.82) is 0 Å². The van der Waals surface area contributed by atoms with Crippen molar-refractivity contribution in [3.8, 4) is 0 Å². The fourth-order valence-electron chi connectivity index (χ4n) is 0.955. The molecule has 0 aromatic rings. The summed E-state index contributed by atoms with van der Waals surface area (Å²) in [5.74, 6) is -0.494. The molecule has 0 bridgehead atoms. The van der Waals surface area contributed by atoms with Gasteiger partial charge in [0, 0.05) is 5.75 Å². The normalized spacial score (nSPS) is 31.8.